The molecule has 3 nitrogen and oxygen atoms in total. The van der Waals surface area contributed by atoms with E-state index < -0.39 is 0 Å². The van der Waals surface area contributed by atoms with E-state index in [0.717, 1.165) is 26.2 Å². The molecule has 2 aromatic carbocycles. The van der Waals surface area contributed by atoms with Crippen LogP contribution in [0.3, 0.4) is 0 Å². The normalized spacial score (nSPS) is 17.0. The van der Waals surface area contributed by atoms with Gasteiger partial charge in [-0.15, -0.1) is 0 Å². The van der Waals surface area contributed by atoms with Crippen LogP contribution in [0.15, 0.2) is 60.8 Å². The molecule has 0 aliphatic carbocycles. The van der Waals surface area contributed by atoms with Crippen LogP contribution in [0, 0.1) is 6.92 Å². The Morgan fingerprint density at radius 3 is 2.54 bits per heavy atom. The number of nitrogens with zero attached hydrogens (tertiary/aromatic N) is 2. The smallest absolute Gasteiger partial charge is 0.0780 e. The van der Waals surface area contributed by atoms with Crippen molar-refractivity contribution in [3.8, 4) is 0 Å². The largest absolute Gasteiger partial charge is 0.314 e. The standard InChI is InChI=1S/C21H23N3/c1-16-5-4-10-23-20(16)21(24-13-11-22-12-14-24)19-9-8-17-6-2-3-7-18(17)15-19/h2-10,15,21-22H,11-14H2,1H3. The lowest BCUT2D eigenvalue weighted by molar-refractivity contribution is 0.195. The van der Waals surface area contributed by atoms with E-state index in [1.54, 1.807) is 0 Å². The molecule has 1 atom stereocenters. The van der Waals surface area contributed by atoms with Gasteiger partial charge in [0.2, 0.25) is 0 Å². The van der Waals surface area contributed by atoms with Crippen LogP contribution >= 0.6 is 0 Å². The first-order chi connectivity index (χ1) is 11.8. The maximum atomic E-state index is 4.75. The first kappa shape index (κ1) is 15.3. The zero-order valence-corrected chi connectivity index (χ0v) is 14.1. The predicted octanol–water partition coefficient (Wildman–Crippen LogP) is 3.54. The van der Waals surface area contributed by atoms with E-state index in [-0.39, 0.29) is 6.04 Å². The molecule has 1 unspecified atom stereocenters. The third-order valence-electron chi connectivity index (χ3n) is 4.91. The topological polar surface area (TPSA) is 28.2 Å². The lowest BCUT2D eigenvalue weighted by atomic mass is 9.95. The number of piperazine rings is 1. The van der Waals surface area contributed by atoms with E-state index in [9.17, 15) is 0 Å². The number of benzene rings is 2. The van der Waals surface area contributed by atoms with E-state index >= 15 is 0 Å². The molecule has 122 valence electrons. The second-order valence-corrected chi connectivity index (χ2v) is 6.50. The van der Waals surface area contributed by atoms with Gasteiger partial charge in [-0.2, -0.15) is 0 Å². The molecule has 0 amide bonds. The molecular weight excluding hydrogens is 294 g/mol. The summed E-state index contributed by atoms with van der Waals surface area (Å²) in [6, 6.07) is 19.8. The fraction of sp³-hybridized carbons (Fsp3) is 0.286. The summed E-state index contributed by atoms with van der Waals surface area (Å²) >= 11 is 0. The molecule has 4 rings (SSSR count). The molecule has 0 spiro atoms. The Labute approximate surface area is 143 Å². The second kappa shape index (κ2) is 6.71. The van der Waals surface area contributed by atoms with Crippen LogP contribution in [0.1, 0.15) is 22.9 Å². The highest BCUT2D eigenvalue weighted by Gasteiger charge is 2.26. The Hall–Kier alpha value is -2.23. The van der Waals surface area contributed by atoms with Gasteiger partial charge in [-0.1, -0.05) is 42.5 Å². The Morgan fingerprint density at radius 1 is 0.958 bits per heavy atom. The zero-order valence-electron chi connectivity index (χ0n) is 14.1. The van der Waals surface area contributed by atoms with E-state index in [0.29, 0.717) is 0 Å². The van der Waals surface area contributed by atoms with Gasteiger partial charge in [0.1, 0.15) is 0 Å². The third-order valence-corrected chi connectivity index (χ3v) is 4.91. The van der Waals surface area contributed by atoms with Crippen molar-refractivity contribution >= 4 is 10.8 Å². The van der Waals surface area contributed by atoms with Crippen molar-refractivity contribution in [3.63, 3.8) is 0 Å². The highest BCUT2D eigenvalue weighted by Crippen LogP contribution is 2.31. The fourth-order valence-corrected chi connectivity index (χ4v) is 3.64. The maximum absolute atomic E-state index is 4.75. The summed E-state index contributed by atoms with van der Waals surface area (Å²) in [5.41, 5.74) is 3.77. The quantitative estimate of drug-likeness (QED) is 0.801. The monoisotopic (exact) mass is 317 g/mol. The summed E-state index contributed by atoms with van der Waals surface area (Å²) in [6.07, 6.45) is 1.92. The number of hydrogen-bond donors (Lipinski definition) is 1. The van der Waals surface area contributed by atoms with Gasteiger partial charge in [-0.25, -0.2) is 0 Å². The minimum atomic E-state index is 0.220. The minimum Gasteiger partial charge on any atom is -0.314 e. The van der Waals surface area contributed by atoms with Gasteiger partial charge in [0.25, 0.3) is 0 Å². The Morgan fingerprint density at radius 2 is 1.75 bits per heavy atom. The number of rotatable bonds is 3. The van der Waals surface area contributed by atoms with Crippen molar-refractivity contribution in [2.75, 3.05) is 26.2 Å². The van der Waals surface area contributed by atoms with Crippen LogP contribution < -0.4 is 5.32 Å². The van der Waals surface area contributed by atoms with Crippen LogP contribution in [-0.4, -0.2) is 36.1 Å². The van der Waals surface area contributed by atoms with E-state index in [1.807, 2.05) is 12.3 Å². The highest BCUT2D eigenvalue weighted by molar-refractivity contribution is 5.83. The summed E-state index contributed by atoms with van der Waals surface area (Å²) in [5, 5.41) is 6.04. The average Bonchev–Trinajstić information content (AvgIpc) is 2.64. The number of hydrogen-bond acceptors (Lipinski definition) is 3. The van der Waals surface area contributed by atoms with Crippen LogP contribution in [-0.2, 0) is 0 Å². The van der Waals surface area contributed by atoms with Crippen LogP contribution in [0.25, 0.3) is 10.8 Å². The highest BCUT2D eigenvalue weighted by atomic mass is 15.2. The molecule has 3 heteroatoms. The van der Waals surface area contributed by atoms with E-state index in [2.05, 4.69) is 65.7 Å². The van der Waals surface area contributed by atoms with Crippen molar-refractivity contribution in [1.82, 2.24) is 15.2 Å². The number of aryl methyl sites for hydroxylation is 1. The van der Waals surface area contributed by atoms with Crippen molar-refractivity contribution in [1.29, 1.82) is 0 Å². The lowest BCUT2D eigenvalue weighted by Crippen LogP contribution is -2.45. The zero-order chi connectivity index (χ0) is 16.4. The SMILES string of the molecule is Cc1cccnc1C(c1ccc2ccccc2c1)N1CCNCC1. The van der Waals surface area contributed by atoms with Crippen LogP contribution in [0.4, 0.5) is 0 Å². The molecule has 1 fully saturated rings. The summed E-state index contributed by atoms with van der Waals surface area (Å²) in [7, 11) is 0. The Balaban J connectivity index is 1.82. The molecule has 0 radical (unpaired) electrons. The number of aromatic nitrogens is 1. The van der Waals surface area contributed by atoms with Crippen LogP contribution in [0.2, 0.25) is 0 Å². The summed E-state index contributed by atoms with van der Waals surface area (Å²) in [4.78, 5) is 7.30. The summed E-state index contributed by atoms with van der Waals surface area (Å²) in [5.74, 6) is 0. The van der Waals surface area contributed by atoms with E-state index in [1.165, 1.54) is 27.6 Å². The van der Waals surface area contributed by atoms with Crippen molar-refractivity contribution < 1.29 is 0 Å². The van der Waals surface area contributed by atoms with E-state index in [4.69, 9.17) is 4.98 Å². The number of pyridine rings is 1. The predicted molar refractivity (Wildman–Crippen MR) is 99.2 cm³/mol. The molecule has 1 N–H and O–H groups in total. The van der Waals surface area contributed by atoms with Gasteiger partial charge in [0, 0.05) is 32.4 Å². The van der Waals surface area contributed by atoms with Gasteiger partial charge in [-0.05, 0) is 41.0 Å². The molecule has 2 heterocycles. The number of nitrogens with one attached hydrogen (secondary N) is 1. The Bertz CT molecular complexity index is 837. The van der Waals surface area contributed by atoms with Gasteiger partial charge in [0.15, 0.2) is 0 Å². The molecule has 0 saturated carbocycles. The van der Waals surface area contributed by atoms with Crippen molar-refractivity contribution in [2.45, 2.75) is 13.0 Å². The molecule has 3 aromatic rings. The minimum absolute atomic E-state index is 0.220. The summed E-state index contributed by atoms with van der Waals surface area (Å²) < 4.78 is 0. The van der Waals surface area contributed by atoms with Crippen molar-refractivity contribution in [2.24, 2.45) is 0 Å². The molecule has 0 bridgehead atoms. The molecule has 1 aliphatic heterocycles. The Kier molecular flexibility index (Phi) is 4.28. The maximum Gasteiger partial charge on any atom is 0.0780 e. The first-order valence-corrected chi connectivity index (χ1v) is 8.68. The van der Waals surface area contributed by atoms with Gasteiger partial charge in [0.05, 0.1) is 11.7 Å². The molecule has 1 saturated heterocycles. The molecule has 1 aliphatic rings. The average molecular weight is 317 g/mol. The molecular formula is C21H23N3. The third kappa shape index (κ3) is 2.93. The molecule has 1 aromatic heterocycles. The van der Waals surface area contributed by atoms with Gasteiger partial charge < -0.3 is 5.32 Å². The lowest BCUT2D eigenvalue weighted by Gasteiger charge is -2.35. The van der Waals surface area contributed by atoms with Crippen LogP contribution in [0.5, 0.6) is 0 Å². The number of fused-ring (bicyclic) bond motifs is 1. The first-order valence-electron chi connectivity index (χ1n) is 8.68. The van der Waals surface area contributed by atoms with Gasteiger partial charge in [-0.3, -0.25) is 9.88 Å². The van der Waals surface area contributed by atoms with Gasteiger partial charge >= 0.3 is 0 Å². The molecule has 24 heavy (non-hydrogen) atoms. The fourth-order valence-electron chi connectivity index (χ4n) is 3.64. The summed E-state index contributed by atoms with van der Waals surface area (Å²) in [6.45, 7) is 6.34. The second-order valence-electron chi connectivity index (χ2n) is 6.50. The van der Waals surface area contributed by atoms with Crippen molar-refractivity contribution in [3.05, 3.63) is 77.6 Å².